The molecule has 5 nitrogen and oxygen atoms in total. The lowest BCUT2D eigenvalue weighted by atomic mass is 9.84. The van der Waals surface area contributed by atoms with Crippen LogP contribution < -0.4 is 14.8 Å². The minimum absolute atomic E-state index is 0.138. The Hall–Kier alpha value is -2.76. The maximum absolute atomic E-state index is 13.2. The molecule has 0 radical (unpaired) electrons. The first-order valence-electron chi connectivity index (χ1n) is 6.83. The predicted molar refractivity (Wildman–Crippen MR) is 75.7 cm³/mol. The van der Waals surface area contributed by atoms with Crippen molar-refractivity contribution < 1.29 is 23.8 Å². The summed E-state index contributed by atoms with van der Waals surface area (Å²) in [6, 6.07) is 7.33. The molecule has 2 aliphatic heterocycles. The quantitative estimate of drug-likeness (QED) is 0.850. The predicted octanol–water partition coefficient (Wildman–Crippen LogP) is 2.73. The topological polar surface area (TPSA) is 67.8 Å². The highest BCUT2D eigenvalue weighted by Crippen LogP contribution is 2.46. The normalized spacial score (nSPS) is 18.8. The van der Waals surface area contributed by atoms with Gasteiger partial charge in [0.2, 0.25) is 12.7 Å². The van der Waals surface area contributed by atoms with Gasteiger partial charge in [0.25, 0.3) is 0 Å². The van der Waals surface area contributed by atoms with Crippen LogP contribution in [0.4, 0.5) is 10.1 Å². The molecule has 2 aromatic rings. The Balaban J connectivity index is 1.86. The molecule has 0 saturated carbocycles. The second-order valence-electron chi connectivity index (χ2n) is 5.30. The molecule has 0 fully saturated rings. The molecule has 2 aliphatic rings. The number of carbonyl (C=O) groups is 1. The van der Waals surface area contributed by atoms with Crippen molar-refractivity contribution in [2.24, 2.45) is 0 Å². The number of anilines is 1. The van der Waals surface area contributed by atoms with Crippen LogP contribution in [0.5, 0.6) is 17.2 Å². The van der Waals surface area contributed by atoms with Gasteiger partial charge in [0.15, 0.2) is 11.5 Å². The average Bonchev–Trinajstić information content (AvgIpc) is 2.91. The van der Waals surface area contributed by atoms with Crippen molar-refractivity contribution >= 4 is 11.6 Å². The van der Waals surface area contributed by atoms with Crippen LogP contribution in [0.15, 0.2) is 30.3 Å². The zero-order valence-electron chi connectivity index (χ0n) is 11.4. The second kappa shape index (κ2) is 4.62. The molecule has 0 saturated heterocycles. The summed E-state index contributed by atoms with van der Waals surface area (Å²) in [5, 5.41) is 12.8. The van der Waals surface area contributed by atoms with Crippen LogP contribution in [0, 0.1) is 5.82 Å². The average molecular weight is 301 g/mol. The summed E-state index contributed by atoms with van der Waals surface area (Å²) in [7, 11) is 0. The Morgan fingerprint density at radius 3 is 2.68 bits per heavy atom. The number of halogens is 1. The molecule has 2 N–H and O–H groups in total. The summed E-state index contributed by atoms with van der Waals surface area (Å²) in [6.45, 7) is 0.138. The highest BCUT2D eigenvalue weighted by atomic mass is 19.1. The molecule has 112 valence electrons. The maximum atomic E-state index is 13.2. The third kappa shape index (κ3) is 1.95. The first kappa shape index (κ1) is 12.9. The summed E-state index contributed by atoms with van der Waals surface area (Å²) in [4.78, 5) is 11.9. The SMILES string of the molecule is O=C1CC(c2ccc(F)cc2O)c2cc3c(cc2N1)OCO3. The molecule has 1 unspecified atom stereocenters. The number of benzene rings is 2. The lowest BCUT2D eigenvalue weighted by Gasteiger charge is -2.26. The van der Waals surface area contributed by atoms with E-state index >= 15 is 0 Å². The maximum Gasteiger partial charge on any atom is 0.231 e. The third-order valence-electron chi connectivity index (χ3n) is 3.95. The highest BCUT2D eigenvalue weighted by Gasteiger charge is 2.31. The lowest BCUT2D eigenvalue weighted by molar-refractivity contribution is -0.116. The molecular weight excluding hydrogens is 289 g/mol. The molecule has 0 aliphatic carbocycles. The van der Waals surface area contributed by atoms with Gasteiger partial charge in [-0.2, -0.15) is 0 Å². The van der Waals surface area contributed by atoms with Crippen LogP contribution in [0.25, 0.3) is 0 Å². The van der Waals surface area contributed by atoms with Crippen LogP contribution in [0.1, 0.15) is 23.5 Å². The number of carbonyl (C=O) groups excluding carboxylic acids is 1. The number of rotatable bonds is 1. The van der Waals surface area contributed by atoms with Crippen molar-refractivity contribution in [3.63, 3.8) is 0 Å². The Morgan fingerprint density at radius 2 is 1.91 bits per heavy atom. The molecule has 2 aromatic carbocycles. The number of hydrogen-bond donors (Lipinski definition) is 2. The van der Waals surface area contributed by atoms with Crippen molar-refractivity contribution in [3.05, 3.63) is 47.3 Å². The number of aromatic hydroxyl groups is 1. The molecule has 6 heteroatoms. The van der Waals surface area contributed by atoms with Crippen molar-refractivity contribution in [2.45, 2.75) is 12.3 Å². The van der Waals surface area contributed by atoms with Crippen LogP contribution in [0.2, 0.25) is 0 Å². The Morgan fingerprint density at radius 1 is 1.14 bits per heavy atom. The molecule has 2 heterocycles. The van der Waals surface area contributed by atoms with Gasteiger partial charge in [0.1, 0.15) is 11.6 Å². The van der Waals surface area contributed by atoms with Gasteiger partial charge in [0.05, 0.1) is 0 Å². The zero-order valence-corrected chi connectivity index (χ0v) is 11.4. The number of amides is 1. The van der Waals surface area contributed by atoms with Crippen LogP contribution in [0.3, 0.4) is 0 Å². The smallest absolute Gasteiger partial charge is 0.231 e. The zero-order chi connectivity index (χ0) is 15.3. The van der Waals surface area contributed by atoms with E-state index in [0.29, 0.717) is 22.7 Å². The van der Waals surface area contributed by atoms with E-state index in [-0.39, 0.29) is 30.8 Å². The fraction of sp³-hybridized carbons (Fsp3) is 0.188. The molecule has 0 aromatic heterocycles. The largest absolute Gasteiger partial charge is 0.508 e. The number of phenolic OH excluding ortho intramolecular Hbond substituents is 1. The van der Waals surface area contributed by atoms with Crippen LogP contribution in [-0.4, -0.2) is 17.8 Å². The van der Waals surface area contributed by atoms with E-state index in [1.165, 1.54) is 12.1 Å². The monoisotopic (exact) mass is 301 g/mol. The number of nitrogens with one attached hydrogen (secondary N) is 1. The molecule has 1 amide bonds. The van der Waals surface area contributed by atoms with E-state index in [9.17, 15) is 14.3 Å². The van der Waals surface area contributed by atoms with Crippen molar-refractivity contribution in [1.29, 1.82) is 0 Å². The van der Waals surface area contributed by atoms with Gasteiger partial charge in [-0.15, -0.1) is 0 Å². The number of hydrogen-bond acceptors (Lipinski definition) is 4. The molecule has 4 rings (SSSR count). The first-order valence-corrected chi connectivity index (χ1v) is 6.83. The first-order chi connectivity index (χ1) is 10.6. The fourth-order valence-corrected chi connectivity index (χ4v) is 2.94. The van der Waals surface area contributed by atoms with Gasteiger partial charge in [0, 0.05) is 35.7 Å². The van der Waals surface area contributed by atoms with E-state index in [1.54, 1.807) is 12.1 Å². The van der Waals surface area contributed by atoms with Crippen LogP contribution in [-0.2, 0) is 4.79 Å². The molecule has 22 heavy (non-hydrogen) atoms. The number of ether oxygens (including phenoxy) is 2. The molecular formula is C16H12FNO4. The standard InChI is InChI=1S/C16H12FNO4/c17-8-1-2-9(13(19)3-8)10-5-16(20)18-12-6-15-14(4-11(10)12)21-7-22-15/h1-4,6,10,19H,5,7H2,(H,18,20). The third-order valence-corrected chi connectivity index (χ3v) is 3.95. The second-order valence-corrected chi connectivity index (χ2v) is 5.30. The Kier molecular flexibility index (Phi) is 2.72. The van der Waals surface area contributed by atoms with Crippen molar-refractivity contribution in [3.8, 4) is 17.2 Å². The summed E-state index contributed by atoms with van der Waals surface area (Å²) < 4.78 is 23.9. The molecule has 1 atom stereocenters. The van der Waals surface area contributed by atoms with Crippen molar-refractivity contribution in [2.75, 3.05) is 12.1 Å². The lowest BCUT2D eigenvalue weighted by Crippen LogP contribution is -2.23. The molecule has 0 bridgehead atoms. The van der Waals surface area contributed by atoms with Gasteiger partial charge in [-0.1, -0.05) is 6.07 Å². The van der Waals surface area contributed by atoms with E-state index in [0.717, 1.165) is 11.6 Å². The minimum atomic E-state index is -0.521. The Labute approximate surface area is 125 Å². The van der Waals surface area contributed by atoms with E-state index in [1.807, 2.05) is 0 Å². The van der Waals surface area contributed by atoms with E-state index in [2.05, 4.69) is 5.32 Å². The van der Waals surface area contributed by atoms with Gasteiger partial charge in [-0.25, -0.2) is 4.39 Å². The highest BCUT2D eigenvalue weighted by molar-refractivity contribution is 5.96. The van der Waals surface area contributed by atoms with Gasteiger partial charge in [-0.3, -0.25) is 4.79 Å². The minimum Gasteiger partial charge on any atom is -0.508 e. The van der Waals surface area contributed by atoms with Crippen LogP contribution >= 0.6 is 0 Å². The number of fused-ring (bicyclic) bond motifs is 2. The summed E-state index contributed by atoms with van der Waals surface area (Å²) in [5.74, 6) is -0.0424. The van der Waals surface area contributed by atoms with E-state index < -0.39 is 5.82 Å². The fourth-order valence-electron chi connectivity index (χ4n) is 2.94. The molecule has 0 spiro atoms. The van der Waals surface area contributed by atoms with Gasteiger partial charge >= 0.3 is 0 Å². The number of phenols is 1. The summed E-state index contributed by atoms with van der Waals surface area (Å²) in [5.41, 5.74) is 1.94. The van der Waals surface area contributed by atoms with Gasteiger partial charge < -0.3 is 19.9 Å². The Bertz CT molecular complexity index is 790. The van der Waals surface area contributed by atoms with Crippen molar-refractivity contribution in [1.82, 2.24) is 0 Å². The van der Waals surface area contributed by atoms with E-state index in [4.69, 9.17) is 9.47 Å². The summed E-state index contributed by atoms with van der Waals surface area (Å²) >= 11 is 0. The van der Waals surface area contributed by atoms with Gasteiger partial charge in [-0.05, 0) is 17.7 Å². The summed E-state index contributed by atoms with van der Waals surface area (Å²) in [6.07, 6.45) is 0.172.